The molecule has 0 bridgehead atoms. The monoisotopic (exact) mass is 234 g/mol. The lowest BCUT2D eigenvalue weighted by Gasteiger charge is -2.29. The van der Waals surface area contributed by atoms with Gasteiger partial charge in [-0.2, -0.15) is 5.12 Å². The summed E-state index contributed by atoms with van der Waals surface area (Å²) in [7, 11) is 0. The summed E-state index contributed by atoms with van der Waals surface area (Å²) in [5.74, 6) is -0.315. The maximum atomic E-state index is 11.1. The zero-order valence-electron chi connectivity index (χ0n) is 9.71. The van der Waals surface area contributed by atoms with Crippen molar-refractivity contribution in [3.8, 4) is 0 Å². The fourth-order valence-electron chi connectivity index (χ4n) is 1.77. The van der Waals surface area contributed by atoms with E-state index in [0.717, 1.165) is 0 Å². The van der Waals surface area contributed by atoms with Gasteiger partial charge in [-0.25, -0.2) is 9.78 Å². The SMILES string of the molecule is CCN1C(C)=C(C(=O)O)NN1c1ccccn1. The van der Waals surface area contributed by atoms with E-state index in [1.807, 2.05) is 30.1 Å². The maximum Gasteiger partial charge on any atom is 0.355 e. The molecule has 2 heterocycles. The first-order valence-corrected chi connectivity index (χ1v) is 5.34. The van der Waals surface area contributed by atoms with Gasteiger partial charge in [0, 0.05) is 12.7 Å². The minimum Gasteiger partial charge on any atom is -0.476 e. The quantitative estimate of drug-likeness (QED) is 0.812. The van der Waals surface area contributed by atoms with Crippen molar-refractivity contribution in [1.82, 2.24) is 15.4 Å². The predicted molar refractivity (Wildman–Crippen MR) is 62.6 cm³/mol. The molecule has 0 aliphatic carbocycles. The third-order valence-corrected chi connectivity index (χ3v) is 2.59. The number of pyridine rings is 1. The van der Waals surface area contributed by atoms with E-state index in [4.69, 9.17) is 5.11 Å². The van der Waals surface area contributed by atoms with Crippen LogP contribution in [-0.4, -0.2) is 27.6 Å². The molecule has 1 aromatic heterocycles. The van der Waals surface area contributed by atoms with Gasteiger partial charge in [0.2, 0.25) is 0 Å². The van der Waals surface area contributed by atoms with Crippen molar-refractivity contribution in [3.05, 3.63) is 35.8 Å². The summed E-state index contributed by atoms with van der Waals surface area (Å²) in [5.41, 5.74) is 3.68. The first-order valence-electron chi connectivity index (χ1n) is 5.34. The molecule has 2 N–H and O–H groups in total. The number of rotatable bonds is 3. The fraction of sp³-hybridized carbons (Fsp3) is 0.273. The predicted octanol–water partition coefficient (Wildman–Crippen LogP) is 0.959. The van der Waals surface area contributed by atoms with Crippen LogP contribution in [0.5, 0.6) is 0 Å². The van der Waals surface area contributed by atoms with Gasteiger partial charge in [0.1, 0.15) is 0 Å². The number of hydrogen-bond donors (Lipinski definition) is 2. The normalized spacial score (nSPS) is 15.2. The minimum absolute atomic E-state index is 0.178. The van der Waals surface area contributed by atoms with E-state index >= 15 is 0 Å². The highest BCUT2D eigenvalue weighted by Gasteiger charge is 2.30. The highest BCUT2D eigenvalue weighted by atomic mass is 16.4. The van der Waals surface area contributed by atoms with Crippen molar-refractivity contribution in [2.24, 2.45) is 0 Å². The van der Waals surface area contributed by atoms with Crippen molar-refractivity contribution in [1.29, 1.82) is 0 Å². The number of nitrogens with zero attached hydrogens (tertiary/aromatic N) is 3. The summed E-state index contributed by atoms with van der Waals surface area (Å²) in [6, 6.07) is 5.48. The molecule has 2 rings (SSSR count). The van der Waals surface area contributed by atoms with Crippen LogP contribution in [0.3, 0.4) is 0 Å². The average molecular weight is 234 g/mol. The molecule has 0 unspecified atom stereocenters. The van der Waals surface area contributed by atoms with Gasteiger partial charge in [-0.05, 0) is 26.0 Å². The number of carboxylic acids is 1. The summed E-state index contributed by atoms with van der Waals surface area (Å²) in [4.78, 5) is 15.2. The number of carboxylic acid groups (broad SMARTS) is 1. The molecule has 90 valence electrons. The second kappa shape index (κ2) is 4.32. The van der Waals surface area contributed by atoms with Crippen LogP contribution in [0.2, 0.25) is 0 Å². The summed E-state index contributed by atoms with van der Waals surface area (Å²) in [5, 5.41) is 12.5. The number of allylic oxidation sites excluding steroid dienone is 1. The highest BCUT2D eigenvalue weighted by molar-refractivity contribution is 5.87. The second-order valence-electron chi connectivity index (χ2n) is 3.59. The van der Waals surface area contributed by atoms with Gasteiger partial charge in [-0.3, -0.25) is 10.4 Å². The van der Waals surface area contributed by atoms with Gasteiger partial charge < -0.3 is 5.11 Å². The maximum absolute atomic E-state index is 11.1. The first-order chi connectivity index (χ1) is 8.15. The van der Waals surface area contributed by atoms with E-state index < -0.39 is 5.97 Å². The second-order valence-corrected chi connectivity index (χ2v) is 3.59. The number of carbonyl (C=O) groups is 1. The van der Waals surface area contributed by atoms with Crippen molar-refractivity contribution in [3.63, 3.8) is 0 Å². The fourth-order valence-corrected chi connectivity index (χ4v) is 1.77. The molecule has 0 saturated heterocycles. The molecule has 0 radical (unpaired) electrons. The smallest absolute Gasteiger partial charge is 0.355 e. The van der Waals surface area contributed by atoms with Crippen LogP contribution in [0.1, 0.15) is 13.8 Å². The molecule has 0 atom stereocenters. The van der Waals surface area contributed by atoms with E-state index in [2.05, 4.69) is 10.4 Å². The van der Waals surface area contributed by atoms with Crippen molar-refractivity contribution < 1.29 is 9.90 Å². The third-order valence-electron chi connectivity index (χ3n) is 2.59. The molecule has 1 aliphatic heterocycles. The number of hydrogen-bond acceptors (Lipinski definition) is 5. The Labute approximate surface area is 99.1 Å². The van der Waals surface area contributed by atoms with Gasteiger partial charge in [0.15, 0.2) is 11.5 Å². The summed E-state index contributed by atoms with van der Waals surface area (Å²) in [6.45, 7) is 4.38. The Balaban J connectivity index is 2.32. The first kappa shape index (κ1) is 11.3. The molecule has 0 amide bonds. The van der Waals surface area contributed by atoms with Crippen LogP contribution in [0, 0.1) is 0 Å². The van der Waals surface area contributed by atoms with Crippen LogP contribution < -0.4 is 10.5 Å². The van der Waals surface area contributed by atoms with Gasteiger partial charge in [0.05, 0.1) is 5.70 Å². The number of aliphatic carboxylic acids is 1. The van der Waals surface area contributed by atoms with Crippen LogP contribution >= 0.6 is 0 Å². The van der Waals surface area contributed by atoms with Gasteiger partial charge >= 0.3 is 5.97 Å². The molecular formula is C11H14N4O2. The lowest BCUT2D eigenvalue weighted by atomic mass is 10.3. The van der Waals surface area contributed by atoms with Crippen molar-refractivity contribution in [2.45, 2.75) is 13.8 Å². The summed E-state index contributed by atoms with van der Waals surface area (Å²) >= 11 is 0. The number of anilines is 1. The molecule has 0 spiro atoms. The molecule has 6 heteroatoms. The Morgan fingerprint density at radius 3 is 2.82 bits per heavy atom. The minimum atomic E-state index is -0.973. The van der Waals surface area contributed by atoms with Crippen LogP contribution in [0.25, 0.3) is 0 Å². The Bertz CT molecular complexity index is 458. The molecule has 0 aromatic carbocycles. The summed E-state index contributed by atoms with van der Waals surface area (Å²) < 4.78 is 0. The Hall–Kier alpha value is -2.24. The van der Waals surface area contributed by atoms with E-state index in [9.17, 15) is 4.79 Å². The van der Waals surface area contributed by atoms with Gasteiger partial charge in [-0.1, -0.05) is 6.07 Å². The zero-order chi connectivity index (χ0) is 12.4. The van der Waals surface area contributed by atoms with Gasteiger partial charge in [-0.15, -0.1) is 0 Å². The third kappa shape index (κ3) is 1.89. The molecule has 6 nitrogen and oxygen atoms in total. The highest BCUT2D eigenvalue weighted by Crippen LogP contribution is 2.23. The van der Waals surface area contributed by atoms with E-state index in [1.54, 1.807) is 18.2 Å². The zero-order valence-corrected chi connectivity index (χ0v) is 9.71. The lowest BCUT2D eigenvalue weighted by Crippen LogP contribution is -2.44. The number of aromatic nitrogens is 1. The van der Waals surface area contributed by atoms with E-state index in [1.165, 1.54) is 0 Å². The molecule has 0 saturated carbocycles. The number of nitrogens with one attached hydrogen (secondary N) is 1. The largest absolute Gasteiger partial charge is 0.476 e. The molecule has 0 fully saturated rings. The van der Waals surface area contributed by atoms with Crippen molar-refractivity contribution in [2.75, 3.05) is 11.7 Å². The molecule has 1 aliphatic rings. The standard InChI is InChI=1S/C11H14N4O2/c1-3-14-8(2)10(11(16)17)13-15(14)9-6-4-5-7-12-9/h4-7,13H,3H2,1-2H3,(H,16,17). The van der Waals surface area contributed by atoms with E-state index in [0.29, 0.717) is 18.1 Å². The molecular weight excluding hydrogens is 220 g/mol. The van der Waals surface area contributed by atoms with Gasteiger partial charge in [0.25, 0.3) is 0 Å². The Morgan fingerprint density at radius 2 is 2.29 bits per heavy atom. The average Bonchev–Trinajstić information content (AvgIpc) is 2.67. The topological polar surface area (TPSA) is 68.7 Å². The lowest BCUT2D eigenvalue weighted by molar-refractivity contribution is -0.133. The van der Waals surface area contributed by atoms with Crippen molar-refractivity contribution >= 4 is 11.8 Å². The Kier molecular flexibility index (Phi) is 2.86. The van der Waals surface area contributed by atoms with Crippen LogP contribution in [0.4, 0.5) is 5.82 Å². The van der Waals surface area contributed by atoms with Crippen LogP contribution in [-0.2, 0) is 4.79 Å². The number of hydrazine groups is 2. The van der Waals surface area contributed by atoms with Crippen LogP contribution in [0.15, 0.2) is 35.8 Å². The summed E-state index contributed by atoms with van der Waals surface area (Å²) in [6.07, 6.45) is 1.67. The Morgan fingerprint density at radius 1 is 1.53 bits per heavy atom. The van der Waals surface area contributed by atoms with E-state index in [-0.39, 0.29) is 5.70 Å². The molecule has 1 aromatic rings. The molecule has 17 heavy (non-hydrogen) atoms.